The Bertz CT molecular complexity index is 976. The lowest BCUT2D eigenvalue weighted by atomic mass is 10.1. The molecular formula is C26H34FN3O3. The Morgan fingerprint density at radius 2 is 1.85 bits per heavy atom. The summed E-state index contributed by atoms with van der Waals surface area (Å²) in [7, 11) is 3.51. The lowest BCUT2D eigenvalue weighted by Gasteiger charge is -2.25. The number of rotatable bonds is 13. The Kier molecular flexibility index (Phi) is 9.42. The van der Waals surface area contributed by atoms with Crippen molar-refractivity contribution in [3.05, 3.63) is 66.0 Å². The summed E-state index contributed by atoms with van der Waals surface area (Å²) in [4.78, 5) is 2.17. The summed E-state index contributed by atoms with van der Waals surface area (Å²) in [6.45, 7) is 4.40. The Labute approximate surface area is 195 Å². The maximum atomic E-state index is 13.4. The van der Waals surface area contributed by atoms with Crippen molar-refractivity contribution in [2.24, 2.45) is 7.05 Å². The smallest absolute Gasteiger partial charge is 0.222 e. The van der Waals surface area contributed by atoms with Crippen molar-refractivity contribution in [2.75, 3.05) is 26.8 Å². The Hall–Kier alpha value is -2.74. The van der Waals surface area contributed by atoms with E-state index in [0.717, 1.165) is 36.1 Å². The summed E-state index contributed by atoms with van der Waals surface area (Å²) in [6.07, 6.45) is 2.38. The minimum atomic E-state index is -0.417. The highest BCUT2D eigenvalue weighted by atomic mass is 19.1. The number of benzene rings is 2. The number of aromatic nitrogens is 2. The van der Waals surface area contributed by atoms with E-state index in [0.29, 0.717) is 37.9 Å². The van der Waals surface area contributed by atoms with Gasteiger partial charge in [0, 0.05) is 39.4 Å². The third-order valence-corrected chi connectivity index (χ3v) is 5.52. The zero-order valence-corrected chi connectivity index (χ0v) is 19.7. The number of aliphatic hydroxyl groups excluding tert-OH is 1. The SMILES string of the molecule is CCCCC(O)CN(CCOC)Cc1c(-c2ccccc2)nn(C)c1Oc1ccc(F)cc1. The van der Waals surface area contributed by atoms with Crippen molar-refractivity contribution in [1.82, 2.24) is 14.7 Å². The summed E-state index contributed by atoms with van der Waals surface area (Å²) in [5, 5.41) is 15.3. The maximum Gasteiger partial charge on any atom is 0.222 e. The molecular weight excluding hydrogens is 421 g/mol. The zero-order chi connectivity index (χ0) is 23.6. The molecule has 1 heterocycles. The molecule has 0 aliphatic heterocycles. The molecule has 0 spiro atoms. The fraction of sp³-hybridized carbons (Fsp3) is 0.423. The van der Waals surface area contributed by atoms with E-state index < -0.39 is 6.10 Å². The molecule has 6 nitrogen and oxygen atoms in total. The lowest BCUT2D eigenvalue weighted by molar-refractivity contribution is 0.0788. The first-order valence-corrected chi connectivity index (χ1v) is 11.5. The molecule has 2 aromatic carbocycles. The summed E-state index contributed by atoms with van der Waals surface area (Å²) in [5.74, 6) is 0.807. The molecule has 1 unspecified atom stereocenters. The van der Waals surface area contributed by atoms with E-state index in [-0.39, 0.29) is 5.82 Å². The second-order valence-electron chi connectivity index (χ2n) is 8.20. The largest absolute Gasteiger partial charge is 0.439 e. The van der Waals surface area contributed by atoms with Gasteiger partial charge in [-0.25, -0.2) is 9.07 Å². The molecule has 0 radical (unpaired) electrons. The molecule has 0 saturated heterocycles. The van der Waals surface area contributed by atoms with Gasteiger partial charge >= 0.3 is 0 Å². The molecule has 0 amide bonds. The number of hydrogen-bond acceptors (Lipinski definition) is 5. The number of nitrogens with zero attached hydrogens (tertiary/aromatic N) is 3. The molecule has 3 rings (SSSR count). The minimum absolute atomic E-state index is 0.315. The molecule has 33 heavy (non-hydrogen) atoms. The Balaban J connectivity index is 1.95. The van der Waals surface area contributed by atoms with Gasteiger partial charge in [-0.2, -0.15) is 5.10 Å². The number of aliphatic hydroxyl groups is 1. The van der Waals surface area contributed by atoms with Crippen LogP contribution in [0.4, 0.5) is 4.39 Å². The number of hydrogen-bond donors (Lipinski definition) is 1. The van der Waals surface area contributed by atoms with Crippen molar-refractivity contribution >= 4 is 0 Å². The highest BCUT2D eigenvalue weighted by molar-refractivity contribution is 5.65. The molecule has 0 aliphatic carbocycles. The molecule has 0 fully saturated rings. The first-order valence-electron chi connectivity index (χ1n) is 11.5. The van der Waals surface area contributed by atoms with E-state index in [9.17, 15) is 9.50 Å². The van der Waals surface area contributed by atoms with Crippen LogP contribution in [0.5, 0.6) is 11.6 Å². The quantitative estimate of drug-likeness (QED) is 0.392. The van der Waals surface area contributed by atoms with E-state index in [1.165, 1.54) is 12.1 Å². The summed E-state index contributed by atoms with van der Waals surface area (Å²) in [6, 6.07) is 15.9. The van der Waals surface area contributed by atoms with E-state index in [1.54, 1.807) is 23.9 Å². The number of ether oxygens (including phenoxy) is 2. The number of halogens is 1. The van der Waals surface area contributed by atoms with E-state index >= 15 is 0 Å². The molecule has 178 valence electrons. The van der Waals surface area contributed by atoms with Crippen molar-refractivity contribution in [1.29, 1.82) is 0 Å². The van der Waals surface area contributed by atoms with Gasteiger partial charge in [0.25, 0.3) is 0 Å². The van der Waals surface area contributed by atoms with Crippen molar-refractivity contribution in [2.45, 2.75) is 38.8 Å². The lowest BCUT2D eigenvalue weighted by Crippen LogP contribution is -2.34. The summed E-state index contributed by atoms with van der Waals surface area (Å²) < 4.78 is 26.6. The fourth-order valence-corrected chi connectivity index (χ4v) is 3.77. The van der Waals surface area contributed by atoms with Gasteiger partial charge in [0.05, 0.1) is 18.3 Å². The van der Waals surface area contributed by atoms with Crippen LogP contribution in [0.3, 0.4) is 0 Å². The van der Waals surface area contributed by atoms with Crippen LogP contribution in [-0.4, -0.2) is 52.7 Å². The van der Waals surface area contributed by atoms with Crippen LogP contribution in [0, 0.1) is 5.82 Å². The molecule has 0 aliphatic rings. The highest BCUT2D eigenvalue weighted by Crippen LogP contribution is 2.34. The number of methoxy groups -OCH3 is 1. The van der Waals surface area contributed by atoms with Crippen LogP contribution >= 0.6 is 0 Å². The topological polar surface area (TPSA) is 59.8 Å². The molecule has 1 N–H and O–H groups in total. The van der Waals surface area contributed by atoms with Gasteiger partial charge in [-0.1, -0.05) is 50.1 Å². The third kappa shape index (κ3) is 7.12. The molecule has 1 aromatic heterocycles. The van der Waals surface area contributed by atoms with Crippen molar-refractivity contribution < 1.29 is 19.0 Å². The van der Waals surface area contributed by atoms with Crippen LogP contribution in [0.1, 0.15) is 31.7 Å². The summed E-state index contributed by atoms with van der Waals surface area (Å²) in [5.41, 5.74) is 2.71. The van der Waals surface area contributed by atoms with Crippen LogP contribution in [0.15, 0.2) is 54.6 Å². The third-order valence-electron chi connectivity index (χ3n) is 5.52. The number of unbranched alkanes of at least 4 members (excludes halogenated alkanes) is 1. The Morgan fingerprint density at radius 1 is 1.12 bits per heavy atom. The molecule has 0 saturated carbocycles. The van der Waals surface area contributed by atoms with Crippen LogP contribution in [-0.2, 0) is 18.3 Å². The van der Waals surface area contributed by atoms with Crippen LogP contribution in [0.2, 0.25) is 0 Å². The van der Waals surface area contributed by atoms with E-state index in [4.69, 9.17) is 14.6 Å². The number of aryl methyl sites for hydroxylation is 1. The average molecular weight is 456 g/mol. The average Bonchev–Trinajstić information content (AvgIpc) is 3.13. The molecule has 7 heteroatoms. The molecule has 1 atom stereocenters. The van der Waals surface area contributed by atoms with Crippen molar-refractivity contribution in [3.8, 4) is 22.9 Å². The minimum Gasteiger partial charge on any atom is -0.439 e. The predicted octanol–water partition coefficient (Wildman–Crippen LogP) is 5.02. The first kappa shape index (κ1) is 24.9. The maximum absolute atomic E-state index is 13.4. The zero-order valence-electron chi connectivity index (χ0n) is 19.7. The van der Waals surface area contributed by atoms with Crippen molar-refractivity contribution in [3.63, 3.8) is 0 Å². The molecule has 0 bridgehead atoms. The van der Waals surface area contributed by atoms with Gasteiger partial charge in [0.15, 0.2) is 0 Å². The van der Waals surface area contributed by atoms with Gasteiger partial charge in [0.2, 0.25) is 5.88 Å². The monoisotopic (exact) mass is 455 g/mol. The van der Waals surface area contributed by atoms with Gasteiger partial charge in [0.1, 0.15) is 17.3 Å². The van der Waals surface area contributed by atoms with Gasteiger partial charge in [-0.05, 0) is 30.7 Å². The second kappa shape index (κ2) is 12.5. The first-order chi connectivity index (χ1) is 16.0. The van der Waals surface area contributed by atoms with E-state index in [1.807, 2.05) is 37.4 Å². The second-order valence-corrected chi connectivity index (χ2v) is 8.20. The van der Waals surface area contributed by atoms with E-state index in [2.05, 4.69) is 11.8 Å². The predicted molar refractivity (Wildman–Crippen MR) is 128 cm³/mol. The van der Waals surface area contributed by atoms with Crippen LogP contribution < -0.4 is 4.74 Å². The van der Waals surface area contributed by atoms with Gasteiger partial charge < -0.3 is 14.6 Å². The fourth-order valence-electron chi connectivity index (χ4n) is 3.77. The highest BCUT2D eigenvalue weighted by Gasteiger charge is 2.23. The van der Waals surface area contributed by atoms with Gasteiger partial charge in [-0.15, -0.1) is 0 Å². The van der Waals surface area contributed by atoms with Gasteiger partial charge in [-0.3, -0.25) is 4.90 Å². The normalized spacial score (nSPS) is 12.3. The van der Waals surface area contributed by atoms with Crippen LogP contribution in [0.25, 0.3) is 11.3 Å². The standard InChI is InChI=1S/C26H34FN3O3/c1-4-5-11-22(31)18-30(16-17-32-3)19-24-25(20-9-7-6-8-10-20)28-29(2)26(24)33-23-14-12-21(27)13-15-23/h6-10,12-15,22,31H,4-5,11,16-19H2,1-3H3. The summed E-state index contributed by atoms with van der Waals surface area (Å²) >= 11 is 0. The molecule has 3 aromatic rings. The Morgan fingerprint density at radius 3 is 2.52 bits per heavy atom.